The van der Waals surface area contributed by atoms with E-state index in [2.05, 4.69) is 13.0 Å². The molecule has 0 spiro atoms. The van der Waals surface area contributed by atoms with Crippen LogP contribution in [0.15, 0.2) is 24.3 Å². The molecule has 0 amide bonds. The van der Waals surface area contributed by atoms with Crippen LogP contribution < -0.4 is 4.74 Å². The summed E-state index contributed by atoms with van der Waals surface area (Å²) in [6.07, 6.45) is 1.02. The Bertz CT molecular complexity index is 196. The van der Waals surface area contributed by atoms with Crippen LogP contribution in [0.3, 0.4) is 0 Å². The second kappa shape index (κ2) is 5.61. The molecule has 0 unspecified atom stereocenters. The van der Waals surface area contributed by atoms with Crippen molar-refractivity contribution < 1.29 is 9.47 Å². The summed E-state index contributed by atoms with van der Waals surface area (Å²) < 4.78 is 10.4. The molecular formula is C10H13O2. The van der Waals surface area contributed by atoms with E-state index in [1.54, 1.807) is 0 Å². The van der Waals surface area contributed by atoms with Gasteiger partial charge in [0, 0.05) is 0 Å². The second-order valence-corrected chi connectivity index (χ2v) is 2.41. The van der Waals surface area contributed by atoms with Crippen molar-refractivity contribution in [1.82, 2.24) is 0 Å². The van der Waals surface area contributed by atoms with E-state index in [1.165, 1.54) is 0 Å². The normalized spacial score (nSPS) is 9.75. The zero-order chi connectivity index (χ0) is 8.65. The summed E-state index contributed by atoms with van der Waals surface area (Å²) in [5.41, 5.74) is 0. The van der Waals surface area contributed by atoms with Crippen LogP contribution in [0.4, 0.5) is 0 Å². The van der Waals surface area contributed by atoms with Gasteiger partial charge in [-0.1, -0.05) is 19.1 Å². The predicted molar refractivity (Wildman–Crippen MR) is 47.0 cm³/mol. The summed E-state index contributed by atoms with van der Waals surface area (Å²) >= 11 is 0. The molecule has 0 N–H and O–H groups in total. The number of benzene rings is 1. The van der Waals surface area contributed by atoms with Gasteiger partial charge >= 0.3 is 0 Å². The highest BCUT2D eigenvalue weighted by Gasteiger charge is 1.89. The Labute approximate surface area is 73.1 Å². The molecule has 1 aromatic rings. The van der Waals surface area contributed by atoms with Gasteiger partial charge in [-0.15, -0.1) is 0 Å². The standard InChI is InChI=1S/C10H13O2/c1-2-8-11-9-12-10-6-4-3-5-7-10/h4-7H,2,8-9H2,1H3. The van der Waals surface area contributed by atoms with Crippen molar-refractivity contribution in [1.29, 1.82) is 0 Å². The smallest absolute Gasteiger partial charge is 0.189 e. The summed E-state index contributed by atoms with van der Waals surface area (Å²) in [7, 11) is 0. The summed E-state index contributed by atoms with van der Waals surface area (Å²) in [5.74, 6) is 0.824. The first-order chi connectivity index (χ1) is 5.93. The highest BCUT2D eigenvalue weighted by molar-refractivity contribution is 5.19. The fraction of sp³-hybridized carbons (Fsp3) is 0.400. The third-order valence-electron chi connectivity index (χ3n) is 1.35. The first-order valence-corrected chi connectivity index (χ1v) is 4.10. The van der Waals surface area contributed by atoms with E-state index in [9.17, 15) is 0 Å². The van der Waals surface area contributed by atoms with Gasteiger partial charge < -0.3 is 9.47 Å². The lowest BCUT2D eigenvalue weighted by Crippen LogP contribution is -2.02. The minimum atomic E-state index is 0.331. The molecule has 0 aliphatic heterocycles. The monoisotopic (exact) mass is 165 g/mol. The topological polar surface area (TPSA) is 18.5 Å². The van der Waals surface area contributed by atoms with E-state index in [0.29, 0.717) is 6.79 Å². The molecule has 1 radical (unpaired) electrons. The average molecular weight is 165 g/mol. The van der Waals surface area contributed by atoms with Gasteiger partial charge in [-0.25, -0.2) is 0 Å². The van der Waals surface area contributed by atoms with E-state index < -0.39 is 0 Å². The van der Waals surface area contributed by atoms with Crippen LogP contribution in [-0.2, 0) is 4.74 Å². The molecule has 0 aromatic heterocycles. The van der Waals surface area contributed by atoms with Gasteiger partial charge in [0.1, 0.15) is 5.75 Å². The molecular weight excluding hydrogens is 152 g/mol. The van der Waals surface area contributed by atoms with Crippen molar-refractivity contribution in [2.24, 2.45) is 0 Å². The van der Waals surface area contributed by atoms with Crippen LogP contribution in [0.25, 0.3) is 0 Å². The van der Waals surface area contributed by atoms with Crippen LogP contribution in [0.1, 0.15) is 13.3 Å². The first-order valence-electron chi connectivity index (χ1n) is 4.10. The van der Waals surface area contributed by atoms with Crippen molar-refractivity contribution >= 4 is 0 Å². The first kappa shape index (κ1) is 9.07. The number of hydrogen-bond donors (Lipinski definition) is 0. The Kier molecular flexibility index (Phi) is 4.24. The van der Waals surface area contributed by atoms with Crippen LogP contribution >= 0.6 is 0 Å². The zero-order valence-electron chi connectivity index (χ0n) is 7.25. The Hall–Kier alpha value is -1.02. The number of hydrogen-bond acceptors (Lipinski definition) is 2. The summed E-state index contributed by atoms with van der Waals surface area (Å²) in [4.78, 5) is 0. The Morgan fingerprint density at radius 2 is 2.08 bits per heavy atom. The predicted octanol–water partition coefficient (Wildman–Crippen LogP) is 2.25. The fourth-order valence-electron chi connectivity index (χ4n) is 0.781. The van der Waals surface area contributed by atoms with E-state index >= 15 is 0 Å². The summed E-state index contributed by atoms with van der Waals surface area (Å²) in [5, 5.41) is 0. The molecule has 0 bridgehead atoms. The third kappa shape index (κ3) is 3.39. The Morgan fingerprint density at radius 1 is 1.33 bits per heavy atom. The SMILES string of the molecule is CCCOCOc1cc[c]cc1. The van der Waals surface area contributed by atoms with Crippen LogP contribution in [0.2, 0.25) is 0 Å². The van der Waals surface area contributed by atoms with Crippen LogP contribution in [0, 0.1) is 6.07 Å². The molecule has 65 valence electrons. The summed E-state index contributed by atoms with van der Waals surface area (Å²) in [6.45, 7) is 3.15. The molecule has 0 aliphatic carbocycles. The highest BCUT2D eigenvalue weighted by Crippen LogP contribution is 2.07. The maximum absolute atomic E-state index is 5.27. The van der Waals surface area contributed by atoms with Crippen molar-refractivity contribution in [2.75, 3.05) is 13.4 Å². The zero-order valence-corrected chi connectivity index (χ0v) is 7.25. The lowest BCUT2D eigenvalue weighted by atomic mass is 10.3. The second-order valence-electron chi connectivity index (χ2n) is 2.41. The number of ether oxygens (including phenoxy) is 2. The molecule has 0 saturated carbocycles. The molecule has 0 saturated heterocycles. The van der Waals surface area contributed by atoms with E-state index in [1.807, 2.05) is 24.3 Å². The lowest BCUT2D eigenvalue weighted by molar-refractivity contribution is 0.0157. The van der Waals surface area contributed by atoms with Gasteiger partial charge in [0.15, 0.2) is 6.79 Å². The van der Waals surface area contributed by atoms with Gasteiger partial charge in [-0.05, 0) is 24.6 Å². The van der Waals surface area contributed by atoms with Crippen LogP contribution in [-0.4, -0.2) is 13.4 Å². The van der Waals surface area contributed by atoms with Crippen molar-refractivity contribution in [3.05, 3.63) is 30.3 Å². The highest BCUT2D eigenvalue weighted by atomic mass is 16.7. The fourth-order valence-corrected chi connectivity index (χ4v) is 0.781. The van der Waals surface area contributed by atoms with Gasteiger partial charge in [0.2, 0.25) is 0 Å². The molecule has 0 atom stereocenters. The molecule has 12 heavy (non-hydrogen) atoms. The molecule has 2 nitrogen and oxygen atoms in total. The maximum atomic E-state index is 5.27. The van der Waals surface area contributed by atoms with Crippen molar-refractivity contribution in [2.45, 2.75) is 13.3 Å². The van der Waals surface area contributed by atoms with E-state index in [0.717, 1.165) is 18.8 Å². The lowest BCUT2D eigenvalue weighted by Gasteiger charge is -2.05. The van der Waals surface area contributed by atoms with E-state index in [-0.39, 0.29) is 0 Å². The minimum Gasteiger partial charge on any atom is -0.468 e. The van der Waals surface area contributed by atoms with Crippen LogP contribution in [0.5, 0.6) is 5.75 Å². The average Bonchev–Trinajstić information content (AvgIpc) is 2.14. The number of rotatable bonds is 5. The van der Waals surface area contributed by atoms with Gasteiger partial charge in [-0.3, -0.25) is 0 Å². The largest absolute Gasteiger partial charge is 0.468 e. The van der Waals surface area contributed by atoms with Crippen molar-refractivity contribution in [3.8, 4) is 5.75 Å². The van der Waals surface area contributed by atoms with Crippen molar-refractivity contribution in [3.63, 3.8) is 0 Å². The van der Waals surface area contributed by atoms with Gasteiger partial charge in [-0.2, -0.15) is 0 Å². The molecule has 0 aliphatic rings. The molecule has 1 aromatic carbocycles. The molecule has 1 rings (SSSR count). The Morgan fingerprint density at radius 3 is 2.75 bits per heavy atom. The summed E-state index contributed by atoms with van der Waals surface area (Å²) in [6, 6.07) is 10.3. The quantitative estimate of drug-likeness (QED) is 0.492. The molecule has 0 fully saturated rings. The van der Waals surface area contributed by atoms with Gasteiger partial charge in [0.05, 0.1) is 6.61 Å². The van der Waals surface area contributed by atoms with Gasteiger partial charge in [0.25, 0.3) is 0 Å². The van der Waals surface area contributed by atoms with E-state index in [4.69, 9.17) is 9.47 Å². The minimum absolute atomic E-state index is 0.331. The Balaban J connectivity index is 2.16. The maximum Gasteiger partial charge on any atom is 0.189 e. The molecule has 0 heterocycles. The third-order valence-corrected chi connectivity index (χ3v) is 1.35. The molecule has 2 heteroatoms.